The van der Waals surface area contributed by atoms with Gasteiger partial charge in [0.25, 0.3) is 0 Å². The van der Waals surface area contributed by atoms with Crippen LogP contribution in [0, 0.1) is 0 Å². The summed E-state index contributed by atoms with van der Waals surface area (Å²) in [7, 11) is 0. The van der Waals surface area contributed by atoms with E-state index in [0.717, 1.165) is 99.9 Å². The molecule has 0 spiro atoms. The standard InChI is InChI=1S/C47H28N4.C45H29N3.C42H25N5/c1-3-13-30(14-4-1)45-48-46(31-15-5-2-6-16-31)50-47(49-45)33-27-32-17-7-8-19-34(32)41(28-33)51-39-24-12-23-38-36-21-10-9-20-35(36)37-22-11-18-29-25-26-40(51)44(42(29)37)43(38)39;1-45(2)35-18-7-5-14-30(35)31-23-21-27(25-36(31)45)43-34-15-6-8-19-37(34)46-44(47-43)48-38-20-10-17-33-29-13-4-3-12-28(29)32-16-9-11-26-22-24-39(48)42(40(26)32)41(33)38;1-3-11-27(12-4-1)40-44-41(28-13-5-2-6-14-28)46-42(45-40)29-22-24-36(43-25-29)47-34-20-10-19-33-31-17-8-7-16-30(31)32-18-9-15-26-21-23-35(47)39(37(26)32)38(33)34/h1-28H;3-25H,1-2H3;1-25H. The molecule has 0 fully saturated rings. The summed E-state index contributed by atoms with van der Waals surface area (Å²) < 4.78 is 7.04. The molecular weight excluding hydrogens is 1780 g/mol. The van der Waals surface area contributed by atoms with Crippen molar-refractivity contribution in [3.05, 3.63) is 472 Å². The molecule has 28 aromatic rings. The molecule has 12 heteroatoms. The van der Waals surface area contributed by atoms with Gasteiger partial charge in [-0.15, -0.1) is 0 Å². The summed E-state index contributed by atoms with van der Waals surface area (Å²) in [5, 5.41) is 18.6. The highest BCUT2D eigenvalue weighted by molar-refractivity contribution is 6.34. The van der Waals surface area contributed by atoms with E-state index in [2.05, 4.69) is 385 Å². The van der Waals surface area contributed by atoms with Gasteiger partial charge < -0.3 is 4.57 Å². The summed E-state index contributed by atoms with van der Waals surface area (Å²) in [4.78, 5) is 45.7. The fraction of sp³-hybridized carbons (Fsp3) is 0.0224. The Hall–Kier alpha value is -19.4. The van der Waals surface area contributed by atoms with Crippen LogP contribution >= 0.6 is 0 Å². The molecule has 0 amide bonds. The SMILES string of the molecule is CC1(C)c2ccccc2-c2ccc(-c3nc(-n4c5cccc6c5c5c7c(cccc7ccc54)-c4ccccc4-6)nc4ccccc34)cc21.c1ccc(-c2nc(-c3ccccc3)nc(-c3cc(-n4c5cccc6c5c5c7c(cccc7ccc54)-c4ccccc4-6)c4ccccc4c3)n2)cc1.c1ccc(-c2nc(-c3ccccc3)nc(-c3ccc(-n4c5cccc6c5c5c7c(cccc7ccc54)-c4ccccc4-6)nc3)n2)cc1. The van der Waals surface area contributed by atoms with Crippen molar-refractivity contribution >= 4 is 119 Å². The molecule has 4 aliphatic rings. The van der Waals surface area contributed by atoms with E-state index < -0.39 is 0 Å². The topological polar surface area (TPSA) is 131 Å². The number of pyridine rings is 1. The highest BCUT2D eigenvalue weighted by Crippen LogP contribution is 2.56. The minimum Gasteiger partial charge on any atom is -0.309 e. The van der Waals surface area contributed by atoms with Crippen LogP contribution < -0.4 is 0 Å². The maximum absolute atomic E-state index is 5.48. The number of aromatic nitrogens is 12. The van der Waals surface area contributed by atoms with Crippen molar-refractivity contribution in [1.82, 2.24) is 58.6 Å². The summed E-state index contributed by atoms with van der Waals surface area (Å²) in [6.45, 7) is 4.67. The Labute approximate surface area is 838 Å². The Bertz CT molecular complexity index is 10300. The lowest BCUT2D eigenvalue weighted by atomic mass is 9.82. The Balaban J connectivity index is 0.000000102. The molecule has 7 heterocycles. The van der Waals surface area contributed by atoms with Gasteiger partial charge in [0.2, 0.25) is 5.95 Å². The van der Waals surface area contributed by atoms with Crippen LogP contribution in [0.3, 0.4) is 0 Å². The van der Waals surface area contributed by atoms with Crippen molar-refractivity contribution in [2.45, 2.75) is 19.3 Å². The maximum atomic E-state index is 5.48. The van der Waals surface area contributed by atoms with Crippen molar-refractivity contribution in [3.63, 3.8) is 0 Å². The molecule has 21 aromatic carbocycles. The zero-order valence-electron chi connectivity index (χ0n) is 79.2. The van der Waals surface area contributed by atoms with E-state index >= 15 is 0 Å². The first-order valence-electron chi connectivity index (χ1n) is 49.7. The Morgan fingerprint density at radius 1 is 0.192 bits per heavy atom. The summed E-state index contributed by atoms with van der Waals surface area (Å²) in [5.41, 5.74) is 36.9. The fourth-order valence-electron chi connectivity index (χ4n) is 24.1. The number of para-hydroxylation sites is 1. The predicted molar refractivity (Wildman–Crippen MR) is 599 cm³/mol. The van der Waals surface area contributed by atoms with Crippen LogP contribution in [0.1, 0.15) is 25.0 Å². The monoisotopic (exact) mass is 1860 g/mol. The maximum Gasteiger partial charge on any atom is 0.235 e. The fourth-order valence-corrected chi connectivity index (χ4v) is 24.1. The van der Waals surface area contributed by atoms with E-state index in [4.69, 9.17) is 44.9 Å². The third kappa shape index (κ3) is 12.6. The van der Waals surface area contributed by atoms with Crippen LogP contribution in [-0.4, -0.2) is 58.6 Å². The molecule has 0 atom stereocenters. The molecule has 0 bridgehead atoms. The third-order valence-corrected chi connectivity index (χ3v) is 30.5. The molecule has 7 aromatic heterocycles. The van der Waals surface area contributed by atoms with Gasteiger partial charge in [0.05, 0.1) is 50.0 Å². The molecule has 32 rings (SSSR count). The molecular formula is C134H82N12. The number of nitrogens with zero attached hydrogens (tertiary/aromatic N) is 12. The first kappa shape index (κ1) is 82.5. The summed E-state index contributed by atoms with van der Waals surface area (Å²) in [6, 6.07) is 162. The van der Waals surface area contributed by atoms with Crippen molar-refractivity contribution in [1.29, 1.82) is 0 Å². The zero-order chi connectivity index (χ0) is 96.1. The molecule has 0 radical (unpaired) electrons. The average molecular weight is 1860 g/mol. The second kappa shape index (κ2) is 32.3. The second-order valence-electron chi connectivity index (χ2n) is 38.9. The minimum absolute atomic E-state index is 0.0976. The van der Waals surface area contributed by atoms with Gasteiger partial charge in [0.1, 0.15) is 5.82 Å². The van der Waals surface area contributed by atoms with Crippen LogP contribution in [0.5, 0.6) is 0 Å². The predicted octanol–water partition coefficient (Wildman–Crippen LogP) is 33.6. The van der Waals surface area contributed by atoms with Crippen molar-refractivity contribution in [3.8, 4) is 175 Å². The van der Waals surface area contributed by atoms with Crippen molar-refractivity contribution in [2.75, 3.05) is 0 Å². The number of hydrogen-bond acceptors (Lipinski definition) is 9. The van der Waals surface area contributed by atoms with Gasteiger partial charge in [-0.1, -0.05) is 396 Å². The number of benzene rings is 21. The number of hydrogen-bond donors (Lipinski definition) is 0. The Morgan fingerprint density at radius 2 is 0.534 bits per heavy atom. The van der Waals surface area contributed by atoms with Crippen LogP contribution in [-0.2, 0) is 5.41 Å². The van der Waals surface area contributed by atoms with E-state index in [0.29, 0.717) is 40.9 Å². The van der Waals surface area contributed by atoms with Crippen LogP contribution in [0.25, 0.3) is 294 Å². The van der Waals surface area contributed by atoms with Crippen molar-refractivity contribution < 1.29 is 0 Å². The smallest absolute Gasteiger partial charge is 0.235 e. The van der Waals surface area contributed by atoms with Gasteiger partial charge in [0.15, 0.2) is 34.9 Å². The lowest BCUT2D eigenvalue weighted by Gasteiger charge is -2.22. The van der Waals surface area contributed by atoms with Gasteiger partial charge in [0, 0.05) is 93.6 Å². The highest BCUT2D eigenvalue weighted by atomic mass is 15.2. The van der Waals surface area contributed by atoms with E-state index in [1.807, 2.05) is 103 Å². The first-order valence-corrected chi connectivity index (χ1v) is 49.7. The van der Waals surface area contributed by atoms with E-state index in [1.54, 1.807) is 0 Å². The molecule has 0 aliphatic heterocycles. The van der Waals surface area contributed by atoms with E-state index in [-0.39, 0.29) is 5.41 Å². The summed E-state index contributed by atoms with van der Waals surface area (Å²) >= 11 is 0. The molecule has 0 saturated carbocycles. The number of fused-ring (bicyclic) bond motifs is 14. The Morgan fingerprint density at radius 3 is 1.00 bits per heavy atom. The largest absolute Gasteiger partial charge is 0.309 e. The molecule has 0 N–H and O–H groups in total. The quantitative estimate of drug-likeness (QED) is 0.131. The molecule has 146 heavy (non-hydrogen) atoms. The molecule has 12 nitrogen and oxygen atoms in total. The lowest BCUT2D eigenvalue weighted by molar-refractivity contribution is 0.660. The molecule has 0 unspecified atom stereocenters. The van der Waals surface area contributed by atoms with E-state index in [9.17, 15) is 0 Å². The third-order valence-electron chi connectivity index (χ3n) is 30.5. The Kier molecular flexibility index (Phi) is 18.2. The van der Waals surface area contributed by atoms with Crippen LogP contribution in [0.2, 0.25) is 0 Å². The summed E-state index contributed by atoms with van der Waals surface area (Å²) in [6.07, 6.45) is 1.88. The van der Waals surface area contributed by atoms with Gasteiger partial charge in [-0.25, -0.2) is 44.9 Å². The van der Waals surface area contributed by atoms with E-state index in [1.165, 1.54) is 165 Å². The first-order chi connectivity index (χ1) is 72.2. The van der Waals surface area contributed by atoms with Gasteiger partial charge in [-0.2, -0.15) is 0 Å². The average Bonchev–Trinajstić information content (AvgIpc) is 1.55. The molecule has 4 aliphatic carbocycles. The molecule has 678 valence electrons. The zero-order valence-corrected chi connectivity index (χ0v) is 79.2. The van der Waals surface area contributed by atoms with Crippen LogP contribution in [0.15, 0.2) is 461 Å². The van der Waals surface area contributed by atoms with Gasteiger partial charge >= 0.3 is 0 Å². The van der Waals surface area contributed by atoms with Crippen molar-refractivity contribution in [2.24, 2.45) is 0 Å². The molecule has 0 saturated heterocycles. The number of rotatable bonds is 10. The minimum atomic E-state index is -0.0976. The van der Waals surface area contributed by atoms with Gasteiger partial charge in [-0.3, -0.25) is 9.13 Å². The summed E-state index contributed by atoms with van der Waals surface area (Å²) in [5.74, 6) is 5.32. The second-order valence-corrected chi connectivity index (χ2v) is 38.9. The lowest BCUT2D eigenvalue weighted by Crippen LogP contribution is -2.15. The normalized spacial score (nSPS) is 12.5. The van der Waals surface area contributed by atoms with Gasteiger partial charge in [-0.05, 0) is 200 Å². The van der Waals surface area contributed by atoms with Crippen LogP contribution in [0.4, 0.5) is 0 Å². The highest BCUT2D eigenvalue weighted by Gasteiger charge is 2.37.